The van der Waals surface area contributed by atoms with Crippen LogP contribution >= 0.6 is 22.7 Å². The number of carbonyl (C=O) groups is 1. The van der Waals surface area contributed by atoms with Gasteiger partial charge in [0.15, 0.2) is 0 Å². The van der Waals surface area contributed by atoms with Gasteiger partial charge in [0.05, 0.1) is 34.5 Å². The summed E-state index contributed by atoms with van der Waals surface area (Å²) in [7, 11) is -2.65. The zero-order chi connectivity index (χ0) is 27.0. The highest BCUT2D eigenvalue weighted by molar-refractivity contribution is 7.90. The predicted molar refractivity (Wildman–Crippen MR) is 152 cm³/mol. The summed E-state index contributed by atoms with van der Waals surface area (Å²) < 4.78 is 34.8. The summed E-state index contributed by atoms with van der Waals surface area (Å²) in [6, 6.07) is 20.2. The fourth-order valence-corrected chi connectivity index (χ4v) is 7.91. The Kier molecular flexibility index (Phi) is 6.97. The summed E-state index contributed by atoms with van der Waals surface area (Å²) in [4.78, 5) is 13.3. The second-order valence-corrected chi connectivity index (χ2v) is 12.6. The van der Waals surface area contributed by atoms with Crippen molar-refractivity contribution in [1.82, 2.24) is 3.97 Å². The number of nitriles is 1. The number of carbonyl (C=O) groups excluding carboxylic acids is 1. The smallest absolute Gasteiger partial charge is 0.306 e. The van der Waals surface area contributed by atoms with Crippen LogP contribution in [0, 0.1) is 18.3 Å². The van der Waals surface area contributed by atoms with Crippen molar-refractivity contribution in [1.29, 1.82) is 5.26 Å². The van der Waals surface area contributed by atoms with Gasteiger partial charge in [-0.3, -0.25) is 4.79 Å². The molecule has 6 nitrogen and oxygen atoms in total. The minimum Gasteiger partial charge on any atom is -0.469 e. The minimum atomic E-state index is -4.02. The number of benzene rings is 2. The summed E-state index contributed by atoms with van der Waals surface area (Å²) in [6.45, 7) is 3.85. The summed E-state index contributed by atoms with van der Waals surface area (Å²) in [5, 5.41) is 14.4. The molecule has 0 amide bonds. The van der Waals surface area contributed by atoms with Gasteiger partial charge in [0.2, 0.25) is 0 Å². The highest BCUT2D eigenvalue weighted by Crippen LogP contribution is 2.47. The first-order valence-electron chi connectivity index (χ1n) is 11.9. The molecule has 38 heavy (non-hydrogen) atoms. The Bertz CT molecular complexity index is 1800. The molecule has 5 aromatic rings. The first-order valence-corrected chi connectivity index (χ1v) is 15.1. The molecule has 0 aliphatic carbocycles. The zero-order valence-electron chi connectivity index (χ0n) is 21.0. The lowest BCUT2D eigenvalue weighted by Gasteiger charge is -2.13. The number of methoxy groups -OCH3 is 1. The molecule has 0 bridgehead atoms. The third-order valence-corrected chi connectivity index (χ3v) is 10.1. The second-order valence-electron chi connectivity index (χ2n) is 9.02. The quantitative estimate of drug-likeness (QED) is 0.197. The number of para-hydroxylation sites is 1. The lowest BCUT2D eigenvalue weighted by molar-refractivity contribution is -0.140. The molecule has 9 heteroatoms. The molecule has 0 fully saturated rings. The number of hydrogen-bond donors (Lipinski definition) is 0. The number of nitrogens with zero attached hydrogens (tertiary/aromatic N) is 2. The van der Waals surface area contributed by atoms with Crippen LogP contribution in [0.4, 0.5) is 0 Å². The molecule has 0 N–H and O–H groups in total. The van der Waals surface area contributed by atoms with Crippen LogP contribution in [-0.4, -0.2) is 25.5 Å². The summed E-state index contributed by atoms with van der Waals surface area (Å²) in [5.41, 5.74) is 4.30. The number of ether oxygens (including phenoxy) is 1. The number of aromatic nitrogens is 1. The van der Waals surface area contributed by atoms with Crippen molar-refractivity contribution in [3.8, 4) is 27.8 Å². The Morgan fingerprint density at radius 3 is 2.55 bits per heavy atom. The maximum absolute atomic E-state index is 14.3. The van der Waals surface area contributed by atoms with Crippen molar-refractivity contribution >= 4 is 49.6 Å². The van der Waals surface area contributed by atoms with Crippen LogP contribution in [0.2, 0.25) is 0 Å². The van der Waals surface area contributed by atoms with Gasteiger partial charge < -0.3 is 4.74 Å². The highest BCUT2D eigenvalue weighted by atomic mass is 32.2. The second kappa shape index (κ2) is 10.2. The molecule has 1 unspecified atom stereocenters. The molecule has 0 saturated heterocycles. The Morgan fingerprint density at radius 1 is 1.11 bits per heavy atom. The molecule has 3 heterocycles. The third kappa shape index (κ3) is 4.45. The van der Waals surface area contributed by atoms with E-state index in [0.29, 0.717) is 27.2 Å². The van der Waals surface area contributed by atoms with Gasteiger partial charge in [-0.05, 0) is 59.5 Å². The largest absolute Gasteiger partial charge is 0.469 e. The molecule has 0 spiro atoms. The summed E-state index contributed by atoms with van der Waals surface area (Å²) in [6.07, 6.45) is 0.216. The zero-order valence-corrected chi connectivity index (χ0v) is 23.4. The Hall–Kier alpha value is -3.71. The van der Waals surface area contributed by atoms with E-state index in [4.69, 9.17) is 4.74 Å². The van der Waals surface area contributed by atoms with E-state index >= 15 is 0 Å². The SMILES string of the molecule is COC(=O)CC(C)c1csc(-c2c(-c3ccsc3C#N)c3ccccc3n2S(=O)(=O)c2ccc(C)cc2)c1. The first kappa shape index (κ1) is 25.9. The maximum atomic E-state index is 14.3. The van der Waals surface area contributed by atoms with Crippen molar-refractivity contribution in [2.75, 3.05) is 7.11 Å². The molecule has 0 radical (unpaired) electrons. The molecule has 3 aromatic heterocycles. The molecule has 0 aliphatic heterocycles. The maximum Gasteiger partial charge on any atom is 0.306 e. The van der Waals surface area contributed by atoms with E-state index in [9.17, 15) is 18.5 Å². The number of hydrogen-bond acceptors (Lipinski definition) is 7. The van der Waals surface area contributed by atoms with Gasteiger partial charge in [-0.2, -0.15) is 5.26 Å². The average Bonchev–Trinajstić information content (AvgIpc) is 3.65. The molecule has 1 atom stereocenters. The van der Waals surface area contributed by atoms with Gasteiger partial charge in [-0.1, -0.05) is 42.8 Å². The van der Waals surface area contributed by atoms with Crippen molar-refractivity contribution in [3.05, 3.63) is 87.4 Å². The molecular formula is C29H24N2O4S3. The Morgan fingerprint density at radius 2 is 1.84 bits per heavy atom. The van der Waals surface area contributed by atoms with Crippen molar-refractivity contribution < 1.29 is 17.9 Å². The Balaban J connectivity index is 1.84. The molecular weight excluding hydrogens is 537 g/mol. The number of fused-ring (bicyclic) bond motifs is 1. The number of aryl methyl sites for hydroxylation is 1. The summed E-state index contributed by atoms with van der Waals surface area (Å²) >= 11 is 2.74. The van der Waals surface area contributed by atoms with Crippen molar-refractivity contribution in [2.24, 2.45) is 0 Å². The van der Waals surface area contributed by atoms with E-state index in [0.717, 1.165) is 21.4 Å². The number of esters is 1. The van der Waals surface area contributed by atoms with E-state index in [1.54, 1.807) is 30.3 Å². The average molecular weight is 561 g/mol. The van der Waals surface area contributed by atoms with Gasteiger partial charge >= 0.3 is 5.97 Å². The molecule has 2 aromatic carbocycles. The van der Waals surface area contributed by atoms with Crippen LogP contribution < -0.4 is 0 Å². The lowest BCUT2D eigenvalue weighted by Crippen LogP contribution is -2.14. The van der Waals surface area contributed by atoms with Gasteiger partial charge in [0.25, 0.3) is 10.0 Å². The topological polar surface area (TPSA) is 89.2 Å². The van der Waals surface area contributed by atoms with Crippen LogP contribution in [0.3, 0.4) is 0 Å². The van der Waals surface area contributed by atoms with Crippen LogP contribution in [0.15, 0.2) is 76.3 Å². The first-order chi connectivity index (χ1) is 18.3. The molecule has 192 valence electrons. The predicted octanol–water partition coefficient (Wildman–Crippen LogP) is 7.18. The highest BCUT2D eigenvalue weighted by Gasteiger charge is 2.30. The fourth-order valence-electron chi connectivity index (χ4n) is 4.55. The molecule has 0 saturated carbocycles. The monoisotopic (exact) mass is 560 g/mol. The van der Waals surface area contributed by atoms with Crippen LogP contribution in [0.5, 0.6) is 0 Å². The Labute approximate surface area is 229 Å². The van der Waals surface area contributed by atoms with Crippen molar-refractivity contribution in [2.45, 2.75) is 31.1 Å². The molecule has 0 aliphatic rings. The fraction of sp³-hybridized carbons (Fsp3) is 0.172. The van der Waals surface area contributed by atoms with Crippen molar-refractivity contribution in [3.63, 3.8) is 0 Å². The number of rotatable bonds is 7. The molecule has 5 rings (SSSR count). The lowest BCUT2D eigenvalue weighted by atomic mass is 9.99. The summed E-state index contributed by atoms with van der Waals surface area (Å²) in [5.74, 6) is -0.419. The minimum absolute atomic E-state index is 0.113. The van der Waals surface area contributed by atoms with E-state index in [1.807, 2.05) is 54.9 Å². The normalized spacial score (nSPS) is 12.4. The van der Waals surface area contributed by atoms with E-state index < -0.39 is 10.0 Å². The van der Waals surface area contributed by atoms with Gasteiger partial charge in [-0.25, -0.2) is 12.4 Å². The number of thiophene rings is 2. The third-order valence-electron chi connectivity index (χ3n) is 6.55. The van der Waals surface area contributed by atoms with Crippen LogP contribution in [0.25, 0.3) is 32.6 Å². The van der Waals surface area contributed by atoms with E-state index in [-0.39, 0.29) is 23.2 Å². The van der Waals surface area contributed by atoms with Crippen LogP contribution in [-0.2, 0) is 19.6 Å². The van der Waals surface area contributed by atoms with E-state index in [1.165, 1.54) is 33.8 Å². The van der Waals surface area contributed by atoms with Gasteiger partial charge in [0, 0.05) is 16.5 Å². The standard InChI is InChI=1S/C29H24N2O4S3/c1-18-8-10-21(11-9-18)38(33,34)31-24-7-5-4-6-22(24)28(23-12-13-36-26(23)16-30)29(31)25-15-20(17-37-25)19(2)14-27(32)35-3/h4-13,15,17,19H,14H2,1-3H3. The van der Waals surface area contributed by atoms with Crippen LogP contribution in [0.1, 0.15) is 35.3 Å². The van der Waals surface area contributed by atoms with E-state index in [2.05, 4.69) is 6.07 Å². The van der Waals surface area contributed by atoms with Gasteiger partial charge in [-0.15, -0.1) is 22.7 Å². The van der Waals surface area contributed by atoms with Gasteiger partial charge in [0.1, 0.15) is 10.9 Å².